The van der Waals surface area contributed by atoms with Gasteiger partial charge in [-0.25, -0.2) is 0 Å². The van der Waals surface area contributed by atoms with E-state index in [9.17, 15) is 0 Å². The predicted octanol–water partition coefficient (Wildman–Crippen LogP) is 1.74. The third-order valence-corrected chi connectivity index (χ3v) is 2.03. The van der Waals surface area contributed by atoms with Crippen molar-refractivity contribution in [3.05, 3.63) is 0 Å². The van der Waals surface area contributed by atoms with Crippen LogP contribution in [0.1, 0.15) is 32.6 Å². The summed E-state index contributed by atoms with van der Waals surface area (Å²) in [6.45, 7) is 3.20. The van der Waals surface area contributed by atoms with Crippen LogP contribution in [0.2, 0.25) is 0 Å². The summed E-state index contributed by atoms with van der Waals surface area (Å²) < 4.78 is 0. The summed E-state index contributed by atoms with van der Waals surface area (Å²) in [6, 6.07) is 0. The van der Waals surface area contributed by atoms with Crippen LogP contribution in [0.5, 0.6) is 0 Å². The molecular formula is C8H18N2S. The van der Waals surface area contributed by atoms with Crippen LogP contribution in [0.25, 0.3) is 0 Å². The maximum Gasteiger partial charge on any atom is 0.166 e. The van der Waals surface area contributed by atoms with E-state index in [1.807, 2.05) is 11.9 Å². The highest BCUT2D eigenvalue weighted by atomic mass is 32.1. The number of nitrogens with two attached hydrogens (primary N) is 1. The Morgan fingerprint density at radius 3 is 2.45 bits per heavy atom. The maximum absolute atomic E-state index is 5.41. The second-order valence-corrected chi connectivity index (χ2v) is 3.24. The van der Waals surface area contributed by atoms with Crippen LogP contribution in [0.3, 0.4) is 0 Å². The number of thiocarbonyl (C=S) groups is 1. The molecule has 0 aromatic rings. The Bertz CT molecular complexity index is 115. The van der Waals surface area contributed by atoms with Gasteiger partial charge in [-0.2, -0.15) is 0 Å². The molecular weight excluding hydrogens is 156 g/mol. The molecule has 0 fully saturated rings. The third kappa shape index (κ3) is 6.10. The Labute approximate surface area is 74.8 Å². The highest BCUT2D eigenvalue weighted by Gasteiger charge is 1.96. The van der Waals surface area contributed by atoms with Crippen LogP contribution < -0.4 is 5.73 Å². The average molecular weight is 174 g/mol. The molecule has 0 aliphatic heterocycles. The van der Waals surface area contributed by atoms with Crippen molar-refractivity contribution >= 4 is 17.3 Å². The molecule has 0 amide bonds. The molecule has 0 radical (unpaired) electrons. The summed E-state index contributed by atoms with van der Waals surface area (Å²) in [6.07, 6.45) is 5.06. The van der Waals surface area contributed by atoms with Crippen LogP contribution in [0.4, 0.5) is 0 Å². The summed E-state index contributed by atoms with van der Waals surface area (Å²) in [5.74, 6) is 0. The molecule has 66 valence electrons. The number of nitrogens with zero attached hydrogens (tertiary/aromatic N) is 1. The Morgan fingerprint density at radius 2 is 2.00 bits per heavy atom. The largest absolute Gasteiger partial charge is 0.376 e. The number of hydrogen-bond acceptors (Lipinski definition) is 1. The normalized spacial score (nSPS) is 9.64. The standard InChI is InChI=1S/C8H18N2S/c1-3-4-5-6-7-10(2)8(9)11/h3-7H2,1-2H3,(H2,9,11). The summed E-state index contributed by atoms with van der Waals surface area (Å²) in [4.78, 5) is 1.92. The van der Waals surface area contributed by atoms with E-state index in [-0.39, 0.29) is 0 Å². The van der Waals surface area contributed by atoms with Crippen molar-refractivity contribution in [1.29, 1.82) is 0 Å². The number of rotatable bonds is 5. The van der Waals surface area contributed by atoms with E-state index in [1.165, 1.54) is 25.7 Å². The molecule has 2 nitrogen and oxygen atoms in total. The zero-order chi connectivity index (χ0) is 8.69. The Kier molecular flexibility index (Phi) is 6.22. The van der Waals surface area contributed by atoms with Gasteiger partial charge in [0.05, 0.1) is 0 Å². The maximum atomic E-state index is 5.41. The first-order valence-corrected chi connectivity index (χ1v) is 4.60. The lowest BCUT2D eigenvalue weighted by molar-refractivity contribution is 0.474. The molecule has 3 heteroatoms. The van der Waals surface area contributed by atoms with E-state index < -0.39 is 0 Å². The lowest BCUT2D eigenvalue weighted by Crippen LogP contribution is -2.32. The molecule has 0 saturated heterocycles. The fourth-order valence-corrected chi connectivity index (χ4v) is 0.977. The molecule has 0 aromatic heterocycles. The van der Waals surface area contributed by atoms with Crippen molar-refractivity contribution in [2.45, 2.75) is 32.6 Å². The van der Waals surface area contributed by atoms with E-state index in [0.29, 0.717) is 5.11 Å². The minimum absolute atomic E-state index is 0.501. The van der Waals surface area contributed by atoms with Gasteiger partial charge in [-0.3, -0.25) is 0 Å². The minimum Gasteiger partial charge on any atom is -0.376 e. The topological polar surface area (TPSA) is 29.3 Å². The highest BCUT2D eigenvalue weighted by Crippen LogP contribution is 1.99. The molecule has 0 aliphatic carbocycles. The molecule has 0 saturated carbocycles. The fraction of sp³-hybridized carbons (Fsp3) is 0.875. The Hall–Kier alpha value is -0.310. The fourth-order valence-electron chi connectivity index (χ4n) is 0.886. The SMILES string of the molecule is CCCCCCN(C)C(N)=S. The molecule has 2 N–H and O–H groups in total. The van der Waals surface area contributed by atoms with Gasteiger partial charge in [0, 0.05) is 13.6 Å². The van der Waals surface area contributed by atoms with Crippen molar-refractivity contribution in [3.63, 3.8) is 0 Å². The predicted molar refractivity (Wildman–Crippen MR) is 53.6 cm³/mol. The van der Waals surface area contributed by atoms with Crippen molar-refractivity contribution < 1.29 is 0 Å². The van der Waals surface area contributed by atoms with Gasteiger partial charge in [0.1, 0.15) is 0 Å². The first-order valence-electron chi connectivity index (χ1n) is 4.19. The molecule has 0 heterocycles. The van der Waals surface area contributed by atoms with Gasteiger partial charge in [-0.1, -0.05) is 26.2 Å². The monoisotopic (exact) mass is 174 g/mol. The molecule has 0 atom stereocenters. The van der Waals surface area contributed by atoms with E-state index in [4.69, 9.17) is 18.0 Å². The highest BCUT2D eigenvalue weighted by molar-refractivity contribution is 7.80. The molecule has 0 rings (SSSR count). The van der Waals surface area contributed by atoms with E-state index in [1.54, 1.807) is 0 Å². The van der Waals surface area contributed by atoms with E-state index >= 15 is 0 Å². The molecule has 11 heavy (non-hydrogen) atoms. The lowest BCUT2D eigenvalue weighted by atomic mass is 10.2. The molecule has 0 unspecified atom stereocenters. The minimum atomic E-state index is 0.501. The molecule has 0 aliphatic rings. The van der Waals surface area contributed by atoms with E-state index in [2.05, 4.69) is 6.92 Å². The smallest absolute Gasteiger partial charge is 0.166 e. The zero-order valence-corrected chi connectivity index (χ0v) is 8.28. The zero-order valence-electron chi connectivity index (χ0n) is 7.47. The number of unbranched alkanes of at least 4 members (excludes halogenated alkanes) is 3. The van der Waals surface area contributed by atoms with Crippen LogP contribution in [0, 0.1) is 0 Å². The average Bonchev–Trinajstić information content (AvgIpc) is 1.97. The summed E-state index contributed by atoms with van der Waals surface area (Å²) >= 11 is 4.80. The van der Waals surface area contributed by atoms with Gasteiger partial charge in [0.15, 0.2) is 5.11 Å². The van der Waals surface area contributed by atoms with Crippen molar-refractivity contribution in [3.8, 4) is 0 Å². The van der Waals surface area contributed by atoms with E-state index in [0.717, 1.165) is 6.54 Å². The van der Waals surface area contributed by atoms with Crippen LogP contribution in [0.15, 0.2) is 0 Å². The van der Waals surface area contributed by atoms with Crippen molar-refractivity contribution in [1.82, 2.24) is 4.90 Å². The third-order valence-electron chi connectivity index (χ3n) is 1.72. The summed E-state index contributed by atoms with van der Waals surface area (Å²) in [7, 11) is 1.94. The summed E-state index contributed by atoms with van der Waals surface area (Å²) in [5.41, 5.74) is 5.41. The molecule has 0 spiro atoms. The van der Waals surface area contributed by atoms with Gasteiger partial charge in [-0.05, 0) is 18.6 Å². The van der Waals surface area contributed by atoms with Crippen LogP contribution >= 0.6 is 12.2 Å². The van der Waals surface area contributed by atoms with Crippen molar-refractivity contribution in [2.24, 2.45) is 5.73 Å². The van der Waals surface area contributed by atoms with Gasteiger partial charge < -0.3 is 10.6 Å². The first-order chi connectivity index (χ1) is 5.18. The summed E-state index contributed by atoms with van der Waals surface area (Å²) in [5, 5.41) is 0.501. The molecule has 0 aromatic carbocycles. The van der Waals surface area contributed by atoms with Gasteiger partial charge in [0.25, 0.3) is 0 Å². The van der Waals surface area contributed by atoms with Gasteiger partial charge in [0.2, 0.25) is 0 Å². The van der Waals surface area contributed by atoms with Crippen LogP contribution in [-0.2, 0) is 0 Å². The first kappa shape index (κ1) is 10.7. The quantitative estimate of drug-likeness (QED) is 0.508. The Balaban J connectivity index is 3.17. The van der Waals surface area contributed by atoms with Gasteiger partial charge >= 0.3 is 0 Å². The second-order valence-electron chi connectivity index (χ2n) is 2.82. The van der Waals surface area contributed by atoms with Gasteiger partial charge in [-0.15, -0.1) is 0 Å². The van der Waals surface area contributed by atoms with Crippen molar-refractivity contribution in [2.75, 3.05) is 13.6 Å². The van der Waals surface area contributed by atoms with Crippen LogP contribution in [-0.4, -0.2) is 23.6 Å². The Morgan fingerprint density at radius 1 is 1.36 bits per heavy atom. The second kappa shape index (κ2) is 6.40. The lowest BCUT2D eigenvalue weighted by Gasteiger charge is -2.15. The molecule has 0 bridgehead atoms. The number of hydrogen-bond donors (Lipinski definition) is 1.